The molecule has 0 aliphatic rings. The summed E-state index contributed by atoms with van der Waals surface area (Å²) >= 11 is 0. The van der Waals surface area contributed by atoms with Crippen LogP contribution in [0.4, 0.5) is 11.4 Å². The molecule has 2 heterocycles. The predicted octanol–water partition coefficient (Wildman–Crippen LogP) is 11.0. The lowest BCUT2D eigenvalue weighted by Gasteiger charge is -2.15. The molecule has 2 aromatic heterocycles. The van der Waals surface area contributed by atoms with Gasteiger partial charge in [-0.25, -0.2) is 0 Å². The van der Waals surface area contributed by atoms with Gasteiger partial charge < -0.3 is 15.0 Å². The van der Waals surface area contributed by atoms with Crippen LogP contribution in [0.5, 0.6) is 0 Å². The van der Waals surface area contributed by atoms with Gasteiger partial charge in [0.25, 0.3) is 0 Å². The quantitative estimate of drug-likeness (QED) is 0.208. The predicted molar refractivity (Wildman–Crippen MR) is 199 cm³/mol. The Kier molecular flexibility index (Phi) is 7.00. The van der Waals surface area contributed by atoms with Crippen molar-refractivity contribution in [3.8, 4) is 11.1 Å². The van der Waals surface area contributed by atoms with Gasteiger partial charge in [0.1, 0.15) is 0 Å². The zero-order chi connectivity index (χ0) is 31.0. The number of hydrogen-bond acceptors (Lipinski definition) is 2. The van der Waals surface area contributed by atoms with Gasteiger partial charge in [0.2, 0.25) is 0 Å². The van der Waals surface area contributed by atoms with E-state index < -0.39 is 0 Å². The van der Waals surface area contributed by atoms with Crippen molar-refractivity contribution in [3.63, 3.8) is 0 Å². The van der Waals surface area contributed by atoms with Crippen LogP contribution >= 0.6 is 0 Å². The molecule has 7 aromatic carbocycles. The molecule has 2 N–H and O–H groups in total. The number of aromatic nitrogens is 1. The first-order valence-corrected chi connectivity index (χ1v) is 15.9. The monoisotopic (exact) mass is 593 g/mol. The second-order valence-electron chi connectivity index (χ2n) is 11.8. The Labute approximate surface area is 269 Å². The minimum atomic E-state index is 1.01. The van der Waals surface area contributed by atoms with Crippen LogP contribution in [-0.2, 0) is 6.42 Å². The largest absolute Gasteiger partial charge is 0.388 e. The molecule has 0 aliphatic carbocycles. The van der Waals surface area contributed by atoms with Gasteiger partial charge in [-0.2, -0.15) is 0 Å². The van der Waals surface area contributed by atoms with E-state index in [0.29, 0.717) is 0 Å². The first kappa shape index (κ1) is 27.7. The van der Waals surface area contributed by atoms with Crippen LogP contribution in [-0.4, -0.2) is 18.5 Å². The average molecular weight is 594 g/mol. The lowest BCUT2D eigenvalue weighted by atomic mass is 9.95. The molecule has 9 aromatic rings. The number of anilines is 2. The highest BCUT2D eigenvalue weighted by Gasteiger charge is 2.22. The molecule has 0 bridgehead atoms. The van der Waals surface area contributed by atoms with Gasteiger partial charge in [0.05, 0.1) is 22.2 Å². The molecule has 0 saturated carbocycles. The molecule has 3 nitrogen and oxygen atoms in total. The minimum Gasteiger partial charge on any atom is -0.388 e. The third-order valence-corrected chi connectivity index (χ3v) is 9.17. The van der Waals surface area contributed by atoms with Crippen molar-refractivity contribution in [1.82, 2.24) is 4.40 Å². The fraction of sp³-hybridized carbons (Fsp3) is 0.0698. The van der Waals surface area contributed by atoms with E-state index in [1.165, 1.54) is 76.8 Å². The number of hydrogen-bond donors (Lipinski definition) is 2. The van der Waals surface area contributed by atoms with Crippen molar-refractivity contribution < 1.29 is 0 Å². The topological polar surface area (TPSA) is 28.5 Å². The van der Waals surface area contributed by atoms with Crippen molar-refractivity contribution in [2.45, 2.75) is 6.42 Å². The van der Waals surface area contributed by atoms with Gasteiger partial charge >= 0.3 is 0 Å². The highest BCUT2D eigenvalue weighted by atomic mass is 14.9. The maximum atomic E-state index is 3.53. The van der Waals surface area contributed by atoms with E-state index in [4.69, 9.17) is 0 Å². The number of benzene rings is 7. The van der Waals surface area contributed by atoms with Crippen molar-refractivity contribution in [2.24, 2.45) is 0 Å². The zero-order valence-corrected chi connectivity index (χ0v) is 26.1. The van der Waals surface area contributed by atoms with Crippen LogP contribution in [0.2, 0.25) is 0 Å². The summed E-state index contributed by atoms with van der Waals surface area (Å²) in [6, 6.07) is 54.1. The Morgan fingerprint density at radius 1 is 0.478 bits per heavy atom. The van der Waals surface area contributed by atoms with Crippen LogP contribution in [0, 0.1) is 0 Å². The summed E-state index contributed by atoms with van der Waals surface area (Å²) in [7, 11) is 4.01. The second-order valence-corrected chi connectivity index (χ2v) is 11.8. The number of fused-ring (bicyclic) bond motifs is 7. The lowest BCUT2D eigenvalue weighted by Crippen LogP contribution is -1.97. The first-order chi connectivity index (χ1) is 22.7. The number of rotatable bonds is 5. The summed E-state index contributed by atoms with van der Waals surface area (Å²) in [5.74, 6) is 0. The SMILES string of the molecule is CNc1ccccc1-c1cc2c3ccccc3n3c4ccccc4c(c1NC)c23.c1ccc(Cc2ccc3ccccc3c2)cc1. The summed E-state index contributed by atoms with van der Waals surface area (Å²) in [5, 5.41) is 14.7. The molecule has 0 aliphatic heterocycles. The third kappa shape index (κ3) is 4.60. The molecule has 0 atom stereocenters. The van der Waals surface area contributed by atoms with Crippen molar-refractivity contribution in [3.05, 3.63) is 163 Å². The smallest absolute Gasteiger partial charge is 0.0641 e. The highest BCUT2D eigenvalue weighted by Crippen LogP contribution is 2.47. The molecule has 0 saturated heterocycles. The van der Waals surface area contributed by atoms with Crippen molar-refractivity contribution >= 4 is 60.2 Å². The van der Waals surface area contributed by atoms with Gasteiger partial charge in [0.15, 0.2) is 0 Å². The maximum Gasteiger partial charge on any atom is 0.0641 e. The number of para-hydroxylation sites is 3. The van der Waals surface area contributed by atoms with E-state index in [9.17, 15) is 0 Å². The van der Waals surface area contributed by atoms with Crippen LogP contribution in [0.1, 0.15) is 11.1 Å². The molecule has 0 fully saturated rings. The van der Waals surface area contributed by atoms with Gasteiger partial charge in [-0.15, -0.1) is 0 Å². The van der Waals surface area contributed by atoms with Crippen molar-refractivity contribution in [1.29, 1.82) is 0 Å². The summed E-state index contributed by atoms with van der Waals surface area (Å²) in [6.07, 6.45) is 1.01. The second kappa shape index (κ2) is 11.6. The number of nitrogens with one attached hydrogen (secondary N) is 2. The van der Waals surface area contributed by atoms with Crippen LogP contribution in [0.3, 0.4) is 0 Å². The number of nitrogens with zero attached hydrogens (tertiary/aromatic N) is 1. The fourth-order valence-electron chi connectivity index (χ4n) is 7.11. The van der Waals surface area contributed by atoms with Crippen molar-refractivity contribution in [2.75, 3.05) is 24.7 Å². The normalized spacial score (nSPS) is 11.3. The van der Waals surface area contributed by atoms with Gasteiger partial charge in [0, 0.05) is 52.5 Å². The molecule has 0 spiro atoms. The lowest BCUT2D eigenvalue weighted by molar-refractivity contribution is 1.20. The maximum absolute atomic E-state index is 3.53. The summed E-state index contributed by atoms with van der Waals surface area (Å²) < 4.78 is 2.42. The minimum absolute atomic E-state index is 1.01. The van der Waals surface area contributed by atoms with E-state index in [-0.39, 0.29) is 0 Å². The van der Waals surface area contributed by atoms with Crippen LogP contribution < -0.4 is 10.6 Å². The Balaban J connectivity index is 0.000000156. The standard InChI is InChI=1S/C26H21N3.C17H14/c1-27-21-12-6-3-9-16(21)19-15-20-17-10-4-7-13-22(17)29-23-14-8-5-11-18(23)24(26(20)29)25(19)28-2;1-2-6-14(7-3-1)12-15-10-11-16-8-4-5-9-17(16)13-15/h3-15,27-28H,1-2H3;1-11,13H,12H2. The van der Waals surface area contributed by atoms with Crippen LogP contribution in [0.25, 0.3) is 60.0 Å². The van der Waals surface area contributed by atoms with Crippen LogP contribution in [0.15, 0.2) is 152 Å². The summed E-state index contributed by atoms with van der Waals surface area (Å²) in [6.45, 7) is 0. The summed E-state index contributed by atoms with van der Waals surface area (Å²) in [5.41, 5.74) is 11.3. The molecule has 0 unspecified atom stereocenters. The summed E-state index contributed by atoms with van der Waals surface area (Å²) in [4.78, 5) is 0. The van der Waals surface area contributed by atoms with E-state index in [2.05, 4.69) is 167 Å². The van der Waals surface area contributed by atoms with E-state index >= 15 is 0 Å². The van der Waals surface area contributed by atoms with E-state index in [0.717, 1.165) is 12.1 Å². The average Bonchev–Trinajstić information content (AvgIpc) is 3.64. The van der Waals surface area contributed by atoms with Gasteiger partial charge in [-0.1, -0.05) is 127 Å². The third-order valence-electron chi connectivity index (χ3n) is 9.17. The van der Waals surface area contributed by atoms with E-state index in [1.807, 2.05) is 14.1 Å². The molecule has 0 amide bonds. The highest BCUT2D eigenvalue weighted by molar-refractivity contribution is 6.29. The molecular weight excluding hydrogens is 558 g/mol. The Morgan fingerprint density at radius 3 is 1.91 bits per heavy atom. The molecule has 0 radical (unpaired) electrons. The molecule has 222 valence electrons. The fourth-order valence-corrected chi connectivity index (χ4v) is 7.11. The van der Waals surface area contributed by atoms with Gasteiger partial charge in [-0.3, -0.25) is 0 Å². The first-order valence-electron chi connectivity index (χ1n) is 15.9. The zero-order valence-electron chi connectivity index (χ0n) is 26.1. The Morgan fingerprint density at radius 2 is 1.13 bits per heavy atom. The molecule has 3 heteroatoms. The molecular formula is C43H35N3. The Hall–Kier alpha value is -5.80. The Bertz CT molecular complexity index is 2470. The molecule has 9 rings (SSSR count). The molecule has 46 heavy (non-hydrogen) atoms. The van der Waals surface area contributed by atoms with Gasteiger partial charge in [-0.05, 0) is 52.6 Å². The van der Waals surface area contributed by atoms with E-state index in [1.54, 1.807) is 0 Å².